The van der Waals surface area contributed by atoms with Crippen LogP contribution in [0.15, 0.2) is 18.2 Å². The van der Waals surface area contributed by atoms with Crippen LogP contribution in [0.25, 0.3) is 0 Å². The van der Waals surface area contributed by atoms with E-state index in [0.29, 0.717) is 0 Å². The Bertz CT molecular complexity index is 472. The summed E-state index contributed by atoms with van der Waals surface area (Å²) in [7, 11) is 1.35. The molecule has 0 fully saturated rings. The first-order chi connectivity index (χ1) is 8.40. The molecule has 102 valence electrons. The average Bonchev–Trinajstić information content (AvgIpc) is 2.25. The lowest BCUT2D eigenvalue weighted by Crippen LogP contribution is -2.12. The largest absolute Gasteiger partial charge is 0.485 e. The van der Waals surface area contributed by atoms with Crippen LogP contribution in [0.3, 0.4) is 0 Å². The number of halogens is 3. The van der Waals surface area contributed by atoms with Crippen molar-refractivity contribution in [2.24, 2.45) is 0 Å². The minimum absolute atomic E-state index is 0.000182. The first kappa shape index (κ1) is 15.1. The number of hydrogen-bond donors (Lipinski definition) is 0. The Hall–Kier alpha value is -0.920. The van der Waals surface area contributed by atoms with Gasteiger partial charge in [-0.05, 0) is 12.1 Å². The fraction of sp³-hybridized carbons (Fsp3) is 0.400. The lowest BCUT2D eigenvalue weighted by atomic mass is 10.3. The predicted molar refractivity (Wildman–Crippen MR) is 62.3 cm³/mol. The van der Waals surface area contributed by atoms with E-state index in [4.69, 9.17) is 20.2 Å². The Morgan fingerprint density at radius 2 is 1.72 bits per heavy atom. The molecular weight excluding hydrogens is 290 g/mol. The number of rotatable bonds is 7. The molecule has 0 aromatic heterocycles. The van der Waals surface area contributed by atoms with Crippen molar-refractivity contribution in [3.63, 3.8) is 0 Å². The summed E-state index contributed by atoms with van der Waals surface area (Å²) in [6, 6.07) is 3.36. The number of ether oxygens (including phenoxy) is 2. The summed E-state index contributed by atoms with van der Waals surface area (Å²) in [4.78, 5) is 0. The molecule has 0 heterocycles. The minimum atomic E-state index is -3.59. The molecule has 4 nitrogen and oxygen atoms in total. The fourth-order valence-electron chi connectivity index (χ4n) is 1.08. The molecule has 18 heavy (non-hydrogen) atoms. The van der Waals surface area contributed by atoms with Gasteiger partial charge in [-0.1, -0.05) is 6.07 Å². The molecule has 0 atom stereocenters. The third-order valence-corrected chi connectivity index (χ3v) is 2.98. The van der Waals surface area contributed by atoms with Gasteiger partial charge in [0.15, 0.2) is 17.4 Å². The third kappa shape index (κ3) is 5.61. The van der Waals surface area contributed by atoms with Gasteiger partial charge in [-0.25, -0.2) is 17.2 Å². The summed E-state index contributed by atoms with van der Waals surface area (Å²) >= 11 is 0. The van der Waals surface area contributed by atoms with Crippen molar-refractivity contribution < 1.29 is 26.7 Å². The van der Waals surface area contributed by atoms with Crippen LogP contribution in [0, 0.1) is 11.6 Å². The van der Waals surface area contributed by atoms with Crippen molar-refractivity contribution in [2.45, 2.75) is 0 Å². The van der Waals surface area contributed by atoms with Crippen molar-refractivity contribution in [2.75, 3.05) is 25.6 Å². The SMILES string of the molecule is O=S(=O)(Cl)CCOCCOc1c(F)cccc1F. The highest BCUT2D eigenvalue weighted by Crippen LogP contribution is 2.20. The molecule has 0 bridgehead atoms. The van der Waals surface area contributed by atoms with Crippen molar-refractivity contribution >= 4 is 19.7 Å². The van der Waals surface area contributed by atoms with E-state index >= 15 is 0 Å². The predicted octanol–water partition coefficient (Wildman–Crippen LogP) is 1.93. The van der Waals surface area contributed by atoms with E-state index in [-0.39, 0.29) is 25.6 Å². The van der Waals surface area contributed by atoms with Crippen molar-refractivity contribution in [3.8, 4) is 5.75 Å². The lowest BCUT2D eigenvalue weighted by molar-refractivity contribution is 0.108. The highest BCUT2D eigenvalue weighted by Gasteiger charge is 2.09. The standard InChI is InChI=1S/C10H11ClF2O4S/c11-18(14,15)7-6-16-4-5-17-10-8(12)2-1-3-9(10)13/h1-3H,4-7H2. The van der Waals surface area contributed by atoms with Crippen LogP contribution in [0.5, 0.6) is 5.75 Å². The van der Waals surface area contributed by atoms with Gasteiger partial charge in [0.25, 0.3) is 0 Å². The van der Waals surface area contributed by atoms with E-state index in [1.165, 1.54) is 6.07 Å². The molecule has 0 N–H and O–H groups in total. The molecular formula is C10H11ClF2O4S. The number of benzene rings is 1. The summed E-state index contributed by atoms with van der Waals surface area (Å²) in [5, 5.41) is 0. The maximum atomic E-state index is 13.1. The zero-order valence-corrected chi connectivity index (χ0v) is 10.8. The van der Waals surface area contributed by atoms with Crippen LogP contribution in [0.4, 0.5) is 8.78 Å². The van der Waals surface area contributed by atoms with Gasteiger partial charge in [-0.15, -0.1) is 0 Å². The monoisotopic (exact) mass is 300 g/mol. The molecule has 0 saturated heterocycles. The summed E-state index contributed by atoms with van der Waals surface area (Å²) in [6.45, 7) is -0.199. The Labute approximate surface area is 108 Å². The maximum Gasteiger partial charge on any atom is 0.234 e. The first-order valence-electron chi connectivity index (χ1n) is 4.97. The van der Waals surface area contributed by atoms with E-state index in [1.807, 2.05) is 0 Å². The van der Waals surface area contributed by atoms with Gasteiger partial charge in [0.2, 0.25) is 9.05 Å². The number of hydrogen-bond acceptors (Lipinski definition) is 4. The second-order valence-corrected chi connectivity index (χ2v) is 6.15. The molecule has 8 heteroatoms. The highest BCUT2D eigenvalue weighted by molar-refractivity contribution is 8.13. The second-order valence-electron chi connectivity index (χ2n) is 3.25. The molecule has 0 aliphatic rings. The summed E-state index contributed by atoms with van der Waals surface area (Å²) < 4.78 is 56.9. The highest BCUT2D eigenvalue weighted by atomic mass is 35.7. The van der Waals surface area contributed by atoms with Crippen LogP contribution in [0.2, 0.25) is 0 Å². The minimum Gasteiger partial charge on any atom is -0.485 e. The molecule has 0 aliphatic heterocycles. The first-order valence-corrected chi connectivity index (χ1v) is 7.45. The molecule has 1 aromatic carbocycles. The van der Waals surface area contributed by atoms with Gasteiger partial charge < -0.3 is 9.47 Å². The molecule has 0 radical (unpaired) electrons. The van der Waals surface area contributed by atoms with Gasteiger partial charge in [0.1, 0.15) is 6.61 Å². The normalized spacial score (nSPS) is 11.5. The van der Waals surface area contributed by atoms with Crippen LogP contribution >= 0.6 is 10.7 Å². The van der Waals surface area contributed by atoms with Gasteiger partial charge in [-0.3, -0.25) is 0 Å². The molecule has 0 unspecified atom stereocenters. The zero-order chi connectivity index (χ0) is 13.6. The maximum absolute atomic E-state index is 13.1. The molecule has 0 spiro atoms. The Morgan fingerprint density at radius 3 is 2.28 bits per heavy atom. The Kier molecular flexibility index (Phi) is 5.77. The smallest absolute Gasteiger partial charge is 0.234 e. The lowest BCUT2D eigenvalue weighted by Gasteiger charge is -2.08. The van der Waals surface area contributed by atoms with E-state index in [1.54, 1.807) is 0 Å². The van der Waals surface area contributed by atoms with E-state index in [9.17, 15) is 17.2 Å². The molecule has 0 saturated carbocycles. The fourth-order valence-corrected chi connectivity index (χ4v) is 1.59. The second kappa shape index (κ2) is 6.86. The topological polar surface area (TPSA) is 52.6 Å². The quantitative estimate of drug-likeness (QED) is 0.570. The molecule has 0 aliphatic carbocycles. The zero-order valence-electron chi connectivity index (χ0n) is 9.24. The summed E-state index contributed by atoms with van der Waals surface area (Å²) in [5.74, 6) is -2.43. The Balaban J connectivity index is 2.26. The van der Waals surface area contributed by atoms with E-state index < -0.39 is 26.4 Å². The van der Waals surface area contributed by atoms with Gasteiger partial charge >= 0.3 is 0 Å². The van der Waals surface area contributed by atoms with Gasteiger partial charge in [0, 0.05) is 10.7 Å². The molecule has 0 amide bonds. The van der Waals surface area contributed by atoms with E-state index in [2.05, 4.69) is 0 Å². The van der Waals surface area contributed by atoms with Crippen LogP contribution in [-0.2, 0) is 13.8 Å². The van der Waals surface area contributed by atoms with Crippen LogP contribution in [-0.4, -0.2) is 34.0 Å². The van der Waals surface area contributed by atoms with Crippen molar-refractivity contribution in [1.82, 2.24) is 0 Å². The van der Waals surface area contributed by atoms with Crippen molar-refractivity contribution in [3.05, 3.63) is 29.8 Å². The Morgan fingerprint density at radius 1 is 1.11 bits per heavy atom. The van der Waals surface area contributed by atoms with Crippen molar-refractivity contribution in [1.29, 1.82) is 0 Å². The summed E-state index contributed by atoms with van der Waals surface area (Å²) in [5.41, 5.74) is 0. The van der Waals surface area contributed by atoms with Crippen LogP contribution < -0.4 is 4.74 Å². The third-order valence-electron chi connectivity index (χ3n) is 1.86. The van der Waals surface area contributed by atoms with E-state index in [0.717, 1.165) is 12.1 Å². The molecule has 1 aromatic rings. The summed E-state index contributed by atoms with van der Waals surface area (Å²) in [6.07, 6.45) is 0. The van der Waals surface area contributed by atoms with Gasteiger partial charge in [-0.2, -0.15) is 0 Å². The van der Waals surface area contributed by atoms with Gasteiger partial charge in [0.05, 0.1) is 19.0 Å². The number of para-hydroxylation sites is 1. The molecule has 1 rings (SSSR count). The van der Waals surface area contributed by atoms with Crippen LogP contribution in [0.1, 0.15) is 0 Å². The average molecular weight is 301 g/mol.